The van der Waals surface area contributed by atoms with Gasteiger partial charge in [-0.3, -0.25) is 4.79 Å². The highest BCUT2D eigenvalue weighted by atomic mass is 16.5. The van der Waals surface area contributed by atoms with Crippen molar-refractivity contribution in [1.82, 2.24) is 0 Å². The number of phenols is 2. The van der Waals surface area contributed by atoms with Crippen LogP contribution in [0, 0.1) is 29.6 Å². The molecule has 3 N–H and O–H groups in total. The number of aromatic hydroxyl groups is 2. The lowest BCUT2D eigenvalue weighted by atomic mass is 9.51. The van der Waals surface area contributed by atoms with Crippen molar-refractivity contribution in [1.29, 1.82) is 0 Å². The summed E-state index contributed by atoms with van der Waals surface area (Å²) in [6.07, 6.45) is 12.2. The topological polar surface area (TPSA) is 96.2 Å². The predicted octanol–water partition coefficient (Wildman–Crippen LogP) is 8.13. The van der Waals surface area contributed by atoms with Crippen molar-refractivity contribution in [3.05, 3.63) is 88.7 Å². The number of ketones is 1. The number of phenolic OH excluding ortho intramolecular Hbond substituents is 2. The summed E-state index contributed by atoms with van der Waals surface area (Å²) < 4.78 is 10.6. The van der Waals surface area contributed by atoms with Crippen LogP contribution in [-0.2, 0) is 4.79 Å². The van der Waals surface area contributed by atoms with Crippen molar-refractivity contribution in [2.75, 3.05) is 14.2 Å². The first kappa shape index (κ1) is 31.0. The smallest absolute Gasteiger partial charge is 0.163 e. The number of carbonyl (C=O) groups is 1. The van der Waals surface area contributed by atoms with E-state index >= 15 is 0 Å². The Morgan fingerprint density at radius 2 is 1.71 bits per heavy atom. The van der Waals surface area contributed by atoms with Gasteiger partial charge < -0.3 is 24.8 Å². The summed E-state index contributed by atoms with van der Waals surface area (Å²) in [7, 11) is 3.00. The van der Waals surface area contributed by atoms with E-state index in [0.29, 0.717) is 28.9 Å². The van der Waals surface area contributed by atoms with E-state index < -0.39 is 0 Å². The second-order valence-corrected chi connectivity index (χ2v) is 12.0. The summed E-state index contributed by atoms with van der Waals surface area (Å²) in [5.41, 5.74) is 4.28. The van der Waals surface area contributed by atoms with Crippen LogP contribution in [0.25, 0.3) is 6.08 Å². The minimum atomic E-state index is -0.359. The summed E-state index contributed by atoms with van der Waals surface area (Å²) in [6, 6.07) is 10.3. The molecule has 2 aromatic carbocycles. The Balaban J connectivity index is 1.68. The van der Waals surface area contributed by atoms with Crippen LogP contribution in [0.2, 0.25) is 0 Å². The third kappa shape index (κ3) is 6.75. The molecule has 0 aromatic heterocycles. The van der Waals surface area contributed by atoms with Crippen molar-refractivity contribution in [2.24, 2.45) is 29.6 Å². The number of methoxy groups -OCH3 is 2. The third-order valence-electron chi connectivity index (χ3n) is 9.06. The zero-order valence-corrected chi connectivity index (χ0v) is 25.5. The van der Waals surface area contributed by atoms with Crippen LogP contribution in [0.4, 0.5) is 0 Å². The summed E-state index contributed by atoms with van der Waals surface area (Å²) >= 11 is 0. The fourth-order valence-corrected chi connectivity index (χ4v) is 6.91. The normalized spacial score (nSPS) is 24.3. The van der Waals surface area contributed by atoms with Gasteiger partial charge in [-0.15, -0.1) is 0 Å². The monoisotopic (exact) mass is 572 g/mol. The van der Waals surface area contributed by atoms with Gasteiger partial charge in [0.25, 0.3) is 0 Å². The first-order chi connectivity index (χ1) is 20.0. The lowest BCUT2D eigenvalue weighted by molar-refractivity contribution is -0.123. The number of aliphatic hydroxyl groups is 1. The molecule has 6 atom stereocenters. The Hall–Kier alpha value is -3.93. The number of carbonyl (C=O) groups excluding carboxylic acids is 1. The number of hydrogen-bond donors (Lipinski definition) is 3. The highest BCUT2D eigenvalue weighted by Crippen LogP contribution is 2.58. The van der Waals surface area contributed by atoms with E-state index in [1.807, 2.05) is 12.1 Å². The molecule has 0 aliphatic heterocycles. The fourth-order valence-electron chi connectivity index (χ4n) is 6.91. The van der Waals surface area contributed by atoms with Crippen LogP contribution in [0.15, 0.2) is 77.6 Å². The molecule has 6 heteroatoms. The average molecular weight is 573 g/mol. The van der Waals surface area contributed by atoms with Gasteiger partial charge in [0.1, 0.15) is 5.76 Å². The zero-order chi connectivity index (χ0) is 30.6. The molecular weight excluding hydrogens is 528 g/mol. The van der Waals surface area contributed by atoms with Crippen molar-refractivity contribution < 1.29 is 29.6 Å². The number of allylic oxidation sites excluding steroid dienone is 6. The van der Waals surface area contributed by atoms with E-state index in [4.69, 9.17) is 9.47 Å². The second-order valence-electron chi connectivity index (χ2n) is 12.0. The van der Waals surface area contributed by atoms with Crippen LogP contribution in [0.5, 0.6) is 23.0 Å². The van der Waals surface area contributed by atoms with Crippen LogP contribution in [-0.4, -0.2) is 35.3 Å². The highest BCUT2D eigenvalue weighted by Gasteiger charge is 2.51. The third-order valence-corrected chi connectivity index (χ3v) is 9.06. The Kier molecular flexibility index (Phi) is 9.87. The van der Waals surface area contributed by atoms with Gasteiger partial charge in [-0.1, -0.05) is 48.4 Å². The quantitative estimate of drug-likeness (QED) is 0.109. The number of fused-ring (bicyclic) bond motifs is 2. The molecule has 42 heavy (non-hydrogen) atoms. The van der Waals surface area contributed by atoms with Crippen LogP contribution in [0.3, 0.4) is 0 Å². The van der Waals surface area contributed by atoms with Gasteiger partial charge >= 0.3 is 0 Å². The first-order valence-electron chi connectivity index (χ1n) is 14.7. The van der Waals surface area contributed by atoms with E-state index in [0.717, 1.165) is 24.8 Å². The summed E-state index contributed by atoms with van der Waals surface area (Å²) in [5, 5.41) is 31.0. The number of benzene rings is 2. The van der Waals surface area contributed by atoms with E-state index in [1.54, 1.807) is 24.3 Å². The molecule has 1 fully saturated rings. The molecule has 1 saturated carbocycles. The van der Waals surface area contributed by atoms with Gasteiger partial charge in [-0.05, 0) is 105 Å². The molecule has 0 saturated heterocycles. The Morgan fingerprint density at radius 3 is 2.38 bits per heavy atom. The molecule has 5 rings (SSSR count). The standard InChI is InChI=1S/C36H44O6/c1-21(2)8-7-9-22(3)27-20-28-23(4)16-29(27)36(35(28)25-12-15-31(39)34(18-25)42-6)32(40)19-26(37)13-10-24-11-14-30(38)33(17-24)41-5/h8,10-19,22,27-29,35-39H,7,9,20H2,1-6H3. The van der Waals surface area contributed by atoms with Gasteiger partial charge in [0, 0.05) is 17.9 Å². The number of aliphatic hydroxyl groups excluding tert-OH is 1. The minimum Gasteiger partial charge on any atom is -0.508 e. The van der Waals surface area contributed by atoms with Gasteiger partial charge in [-0.25, -0.2) is 0 Å². The molecule has 2 bridgehead atoms. The van der Waals surface area contributed by atoms with Gasteiger partial charge in [0.2, 0.25) is 0 Å². The molecule has 2 aromatic rings. The molecular formula is C36H44O6. The lowest BCUT2D eigenvalue weighted by Crippen LogP contribution is -2.47. The van der Waals surface area contributed by atoms with E-state index in [-0.39, 0.29) is 46.7 Å². The molecule has 3 aliphatic rings. The molecule has 0 spiro atoms. The molecule has 6 nitrogen and oxygen atoms in total. The fraction of sp³-hybridized carbons (Fsp3) is 0.417. The lowest BCUT2D eigenvalue weighted by Gasteiger charge is -2.52. The summed E-state index contributed by atoms with van der Waals surface area (Å²) in [6.45, 7) is 8.70. The molecule has 0 radical (unpaired) electrons. The first-order valence-corrected chi connectivity index (χ1v) is 14.7. The molecule has 224 valence electrons. The second kappa shape index (κ2) is 13.4. The van der Waals surface area contributed by atoms with Gasteiger partial charge in [-0.2, -0.15) is 0 Å². The van der Waals surface area contributed by atoms with Crippen molar-refractivity contribution >= 4 is 11.9 Å². The maximum atomic E-state index is 14.1. The van der Waals surface area contributed by atoms with E-state index in [9.17, 15) is 20.1 Å². The van der Waals surface area contributed by atoms with Gasteiger partial charge in [0.15, 0.2) is 28.8 Å². The summed E-state index contributed by atoms with van der Waals surface area (Å²) in [5.74, 6) is 1.09. The maximum absolute atomic E-state index is 14.1. The van der Waals surface area contributed by atoms with Gasteiger partial charge in [0.05, 0.1) is 14.2 Å². The molecule has 0 heterocycles. The molecule has 0 amide bonds. The molecule has 6 unspecified atom stereocenters. The number of rotatable bonds is 11. The number of ether oxygens (including phenoxy) is 2. The van der Waals surface area contributed by atoms with Crippen LogP contribution >= 0.6 is 0 Å². The zero-order valence-electron chi connectivity index (χ0n) is 25.5. The van der Waals surface area contributed by atoms with Crippen molar-refractivity contribution in [3.63, 3.8) is 0 Å². The average Bonchev–Trinajstić information content (AvgIpc) is 2.96. The Bertz CT molecular complexity index is 1410. The summed E-state index contributed by atoms with van der Waals surface area (Å²) in [4.78, 5) is 14.1. The Morgan fingerprint density at radius 1 is 1.05 bits per heavy atom. The van der Waals surface area contributed by atoms with E-state index in [1.165, 1.54) is 43.6 Å². The van der Waals surface area contributed by atoms with E-state index in [2.05, 4.69) is 39.8 Å². The van der Waals surface area contributed by atoms with Crippen LogP contribution < -0.4 is 9.47 Å². The minimum absolute atomic E-state index is 0.0295. The number of hydrogen-bond acceptors (Lipinski definition) is 6. The maximum Gasteiger partial charge on any atom is 0.163 e. The Labute approximate surface area is 249 Å². The largest absolute Gasteiger partial charge is 0.508 e. The van der Waals surface area contributed by atoms with Crippen molar-refractivity contribution in [3.8, 4) is 23.0 Å². The van der Waals surface area contributed by atoms with Crippen molar-refractivity contribution in [2.45, 2.75) is 52.9 Å². The van der Waals surface area contributed by atoms with Crippen LogP contribution in [0.1, 0.15) is 64.0 Å². The molecule has 3 aliphatic carbocycles. The highest BCUT2D eigenvalue weighted by molar-refractivity contribution is 5.94. The predicted molar refractivity (Wildman–Crippen MR) is 167 cm³/mol. The SMILES string of the molecule is COc1cc(C=CC(O)=CC(=O)C2C3C=C(C)C(CC3C(C)CCC=C(C)C)C2c2ccc(O)c(OC)c2)ccc1O.